The molecule has 5 heteroatoms. The highest BCUT2D eigenvalue weighted by atomic mass is 16.5. The van der Waals surface area contributed by atoms with Gasteiger partial charge in [0.05, 0.1) is 5.56 Å². The highest BCUT2D eigenvalue weighted by Crippen LogP contribution is 2.47. The van der Waals surface area contributed by atoms with Gasteiger partial charge in [-0.05, 0) is 66.4 Å². The van der Waals surface area contributed by atoms with Gasteiger partial charge in [0.15, 0.2) is 11.6 Å². The zero-order chi connectivity index (χ0) is 24.8. The van der Waals surface area contributed by atoms with Crippen LogP contribution >= 0.6 is 0 Å². The molecule has 5 nitrogen and oxygen atoms in total. The number of ketones is 3. The Balaban J connectivity index is 1.18. The Hall–Kier alpha value is -3.60. The average Bonchev–Trinajstić information content (AvgIpc) is 3.67. The number of ether oxygens (including phenoxy) is 1. The van der Waals surface area contributed by atoms with Crippen molar-refractivity contribution in [1.29, 1.82) is 0 Å². The van der Waals surface area contributed by atoms with Crippen molar-refractivity contribution in [2.45, 2.75) is 31.8 Å². The third-order valence-electron chi connectivity index (χ3n) is 8.57. The lowest BCUT2D eigenvalue weighted by molar-refractivity contribution is -0.136. The van der Waals surface area contributed by atoms with Crippen molar-refractivity contribution in [1.82, 2.24) is 0 Å². The number of allylic oxidation sites excluding steroid dienone is 3. The Morgan fingerprint density at radius 3 is 2.31 bits per heavy atom. The zero-order valence-electron chi connectivity index (χ0n) is 19.9. The molecular weight excluding hydrogens is 452 g/mol. The van der Waals surface area contributed by atoms with Gasteiger partial charge in [-0.3, -0.25) is 14.4 Å². The van der Waals surface area contributed by atoms with Crippen molar-refractivity contribution < 1.29 is 23.9 Å². The first-order valence-corrected chi connectivity index (χ1v) is 12.8. The molecule has 6 rings (SSSR count). The van der Waals surface area contributed by atoms with Crippen LogP contribution in [0.25, 0.3) is 11.1 Å². The molecule has 3 fully saturated rings. The molecule has 0 aromatic heterocycles. The molecular formula is C31H28O5. The molecule has 4 aliphatic carbocycles. The lowest BCUT2D eigenvalue weighted by Crippen LogP contribution is -2.25. The van der Waals surface area contributed by atoms with E-state index in [4.69, 9.17) is 4.74 Å². The zero-order valence-corrected chi connectivity index (χ0v) is 19.9. The van der Waals surface area contributed by atoms with E-state index < -0.39 is 18.0 Å². The second kappa shape index (κ2) is 9.12. The van der Waals surface area contributed by atoms with Gasteiger partial charge in [-0.15, -0.1) is 0 Å². The number of esters is 1. The van der Waals surface area contributed by atoms with Crippen LogP contribution in [0.3, 0.4) is 0 Å². The molecule has 7 unspecified atom stereocenters. The fourth-order valence-corrected chi connectivity index (χ4v) is 6.69. The Labute approximate surface area is 210 Å². The fraction of sp³-hybridized carbons (Fsp3) is 0.355. The molecule has 2 aromatic carbocycles. The molecule has 4 aliphatic rings. The molecule has 0 heterocycles. The SMILES string of the molecule is O=C1CC2C(CC(OC(=O)c3ccc(-c4ccccc4)cc3)C2C=CC(=O)C2CC3C=CC2C3)C1=O. The van der Waals surface area contributed by atoms with Crippen LogP contribution in [0.1, 0.15) is 36.0 Å². The van der Waals surface area contributed by atoms with Crippen LogP contribution in [0.2, 0.25) is 0 Å². The summed E-state index contributed by atoms with van der Waals surface area (Å²) in [6.07, 6.45) is 9.66. The van der Waals surface area contributed by atoms with Crippen LogP contribution in [0, 0.1) is 35.5 Å². The van der Waals surface area contributed by atoms with Crippen molar-refractivity contribution in [2.24, 2.45) is 35.5 Å². The fourth-order valence-electron chi connectivity index (χ4n) is 6.69. The number of hydrogen-bond donors (Lipinski definition) is 0. The minimum absolute atomic E-state index is 0.00409. The Morgan fingerprint density at radius 1 is 0.861 bits per heavy atom. The van der Waals surface area contributed by atoms with E-state index in [2.05, 4.69) is 12.2 Å². The van der Waals surface area contributed by atoms with Gasteiger partial charge in [-0.2, -0.15) is 0 Å². The highest BCUT2D eigenvalue weighted by Gasteiger charge is 2.53. The second-order valence-electron chi connectivity index (χ2n) is 10.6. The van der Waals surface area contributed by atoms with E-state index in [9.17, 15) is 19.2 Å². The van der Waals surface area contributed by atoms with Gasteiger partial charge in [-0.1, -0.05) is 60.7 Å². The minimum Gasteiger partial charge on any atom is -0.458 e. The van der Waals surface area contributed by atoms with Crippen LogP contribution in [0.15, 0.2) is 78.9 Å². The Morgan fingerprint density at radius 2 is 1.61 bits per heavy atom. The number of rotatable bonds is 6. The van der Waals surface area contributed by atoms with Gasteiger partial charge in [-0.25, -0.2) is 4.79 Å². The van der Waals surface area contributed by atoms with E-state index in [-0.39, 0.29) is 41.5 Å². The predicted molar refractivity (Wildman–Crippen MR) is 134 cm³/mol. The maximum atomic E-state index is 13.0. The quantitative estimate of drug-likeness (QED) is 0.251. The third kappa shape index (κ3) is 4.06. The van der Waals surface area contributed by atoms with Crippen molar-refractivity contribution in [3.8, 4) is 11.1 Å². The molecule has 0 spiro atoms. The number of carbonyl (C=O) groups excluding carboxylic acids is 4. The lowest BCUT2D eigenvalue weighted by Gasteiger charge is -2.21. The molecule has 2 bridgehead atoms. The molecule has 0 aliphatic heterocycles. The molecule has 182 valence electrons. The summed E-state index contributed by atoms with van der Waals surface area (Å²) in [6, 6.07) is 17.2. The summed E-state index contributed by atoms with van der Waals surface area (Å²) in [5, 5.41) is 0. The summed E-state index contributed by atoms with van der Waals surface area (Å²) in [7, 11) is 0. The van der Waals surface area contributed by atoms with Gasteiger partial charge in [0.1, 0.15) is 6.10 Å². The molecule has 0 radical (unpaired) electrons. The largest absolute Gasteiger partial charge is 0.458 e. The van der Waals surface area contributed by atoms with Gasteiger partial charge >= 0.3 is 5.97 Å². The smallest absolute Gasteiger partial charge is 0.338 e. The summed E-state index contributed by atoms with van der Waals surface area (Å²) in [5.41, 5.74) is 2.49. The van der Waals surface area contributed by atoms with Gasteiger partial charge in [0.2, 0.25) is 5.78 Å². The van der Waals surface area contributed by atoms with E-state index in [0.29, 0.717) is 23.8 Å². The monoisotopic (exact) mass is 480 g/mol. The van der Waals surface area contributed by atoms with Crippen molar-refractivity contribution in [3.05, 3.63) is 84.5 Å². The van der Waals surface area contributed by atoms with Gasteiger partial charge in [0.25, 0.3) is 0 Å². The normalized spacial score (nSPS) is 32.4. The van der Waals surface area contributed by atoms with E-state index in [1.54, 1.807) is 18.2 Å². The number of hydrogen-bond acceptors (Lipinski definition) is 5. The highest BCUT2D eigenvalue weighted by molar-refractivity contribution is 6.40. The third-order valence-corrected chi connectivity index (χ3v) is 8.57. The van der Waals surface area contributed by atoms with Crippen molar-refractivity contribution in [3.63, 3.8) is 0 Å². The van der Waals surface area contributed by atoms with E-state index in [0.717, 1.165) is 24.0 Å². The van der Waals surface area contributed by atoms with Crippen molar-refractivity contribution >= 4 is 23.3 Å². The van der Waals surface area contributed by atoms with Crippen LogP contribution < -0.4 is 0 Å². The number of carbonyl (C=O) groups is 4. The average molecular weight is 481 g/mol. The summed E-state index contributed by atoms with van der Waals surface area (Å²) < 4.78 is 5.91. The maximum absolute atomic E-state index is 13.0. The summed E-state index contributed by atoms with van der Waals surface area (Å²) in [6.45, 7) is 0. The molecule has 0 saturated heterocycles. The number of benzene rings is 2. The number of Topliss-reactive ketones (excluding diaryl/α,β-unsaturated/α-hetero) is 2. The Kier molecular flexibility index (Phi) is 5.79. The summed E-state index contributed by atoms with van der Waals surface area (Å²) in [4.78, 5) is 50.5. The van der Waals surface area contributed by atoms with Crippen LogP contribution in [-0.4, -0.2) is 29.4 Å². The standard InChI is InChI=1S/C31H28O5/c32-27(24-15-18-6-7-22(24)14-18)13-12-23-25-16-28(33)30(34)26(25)17-29(23)36-31(35)21-10-8-20(9-11-21)19-4-2-1-3-5-19/h1-13,18,22-26,29H,14-17H2. The number of fused-ring (bicyclic) bond motifs is 3. The second-order valence-corrected chi connectivity index (χ2v) is 10.6. The van der Waals surface area contributed by atoms with Crippen LogP contribution in [0.5, 0.6) is 0 Å². The minimum atomic E-state index is -0.540. The first-order valence-electron chi connectivity index (χ1n) is 12.8. The molecule has 3 saturated carbocycles. The van der Waals surface area contributed by atoms with E-state index in [1.807, 2.05) is 48.5 Å². The molecule has 2 aromatic rings. The molecule has 0 N–H and O–H groups in total. The molecule has 7 atom stereocenters. The van der Waals surface area contributed by atoms with Crippen LogP contribution in [0.4, 0.5) is 0 Å². The van der Waals surface area contributed by atoms with E-state index >= 15 is 0 Å². The molecule has 36 heavy (non-hydrogen) atoms. The van der Waals surface area contributed by atoms with Crippen molar-refractivity contribution in [2.75, 3.05) is 0 Å². The lowest BCUT2D eigenvalue weighted by atomic mass is 9.87. The first kappa shape index (κ1) is 22.8. The topological polar surface area (TPSA) is 77.5 Å². The van der Waals surface area contributed by atoms with Crippen LogP contribution in [-0.2, 0) is 19.1 Å². The first-order chi connectivity index (χ1) is 17.5. The molecule has 0 amide bonds. The maximum Gasteiger partial charge on any atom is 0.338 e. The summed E-state index contributed by atoms with van der Waals surface area (Å²) >= 11 is 0. The van der Waals surface area contributed by atoms with E-state index in [1.165, 1.54) is 0 Å². The van der Waals surface area contributed by atoms with Gasteiger partial charge in [0, 0.05) is 24.2 Å². The van der Waals surface area contributed by atoms with Gasteiger partial charge < -0.3 is 4.74 Å². The summed E-state index contributed by atoms with van der Waals surface area (Å²) in [5.74, 6) is -1.25. The Bertz CT molecular complexity index is 1270. The predicted octanol–water partition coefficient (Wildman–Crippen LogP) is 5.01.